The molecule has 2 heterocycles. The maximum absolute atomic E-state index is 13.3. The van der Waals surface area contributed by atoms with Gasteiger partial charge in [-0.25, -0.2) is 16.8 Å². The SMILES string of the molecule is COc1ccc(C)cc1S(=O)(=O)C1CS(=O)(=O)CC1NCc1ccccn1. The molecule has 1 aliphatic heterocycles. The molecule has 27 heavy (non-hydrogen) atoms. The van der Waals surface area contributed by atoms with Crippen LogP contribution in [0.2, 0.25) is 0 Å². The summed E-state index contributed by atoms with van der Waals surface area (Å²) in [7, 11) is -5.99. The summed E-state index contributed by atoms with van der Waals surface area (Å²) in [6.45, 7) is 2.07. The molecule has 1 aromatic heterocycles. The summed E-state index contributed by atoms with van der Waals surface area (Å²) in [5.74, 6) is -0.419. The molecule has 1 saturated heterocycles. The van der Waals surface area contributed by atoms with Gasteiger partial charge in [0.1, 0.15) is 10.6 Å². The average Bonchev–Trinajstić information content (AvgIpc) is 2.96. The van der Waals surface area contributed by atoms with E-state index in [4.69, 9.17) is 4.74 Å². The summed E-state index contributed by atoms with van der Waals surface area (Å²) < 4.78 is 56.2. The van der Waals surface area contributed by atoms with Crippen LogP contribution >= 0.6 is 0 Å². The molecule has 1 N–H and O–H groups in total. The average molecular weight is 411 g/mol. The quantitative estimate of drug-likeness (QED) is 0.761. The van der Waals surface area contributed by atoms with Crippen molar-refractivity contribution in [2.24, 2.45) is 0 Å². The van der Waals surface area contributed by atoms with Crippen molar-refractivity contribution in [2.45, 2.75) is 29.7 Å². The Morgan fingerprint density at radius 1 is 1.22 bits per heavy atom. The van der Waals surface area contributed by atoms with Crippen molar-refractivity contribution < 1.29 is 21.6 Å². The van der Waals surface area contributed by atoms with Gasteiger partial charge in [-0.1, -0.05) is 12.1 Å². The molecule has 0 radical (unpaired) electrons. The highest BCUT2D eigenvalue weighted by Gasteiger charge is 2.46. The smallest absolute Gasteiger partial charge is 0.187 e. The number of hydrogen-bond donors (Lipinski definition) is 1. The molecule has 146 valence electrons. The fourth-order valence-electron chi connectivity index (χ4n) is 3.22. The van der Waals surface area contributed by atoms with Crippen molar-refractivity contribution in [1.82, 2.24) is 10.3 Å². The molecule has 9 heteroatoms. The van der Waals surface area contributed by atoms with E-state index in [0.29, 0.717) is 5.69 Å². The summed E-state index contributed by atoms with van der Waals surface area (Å²) in [6.07, 6.45) is 1.63. The van der Waals surface area contributed by atoms with Crippen molar-refractivity contribution >= 4 is 19.7 Å². The lowest BCUT2D eigenvalue weighted by Crippen LogP contribution is -2.43. The minimum Gasteiger partial charge on any atom is -0.495 e. The molecule has 0 saturated carbocycles. The number of sulfone groups is 2. The molecule has 1 aromatic carbocycles. The normalized spacial score (nSPS) is 21.9. The molecule has 2 unspecified atom stereocenters. The largest absolute Gasteiger partial charge is 0.495 e. The fraction of sp³-hybridized carbons (Fsp3) is 0.389. The van der Waals surface area contributed by atoms with E-state index in [2.05, 4.69) is 10.3 Å². The minimum atomic E-state index is -3.92. The molecule has 2 aromatic rings. The molecular formula is C18H22N2O5S2. The number of aryl methyl sites for hydroxylation is 1. The lowest BCUT2D eigenvalue weighted by atomic mass is 10.2. The summed E-state index contributed by atoms with van der Waals surface area (Å²) in [4.78, 5) is 4.20. The van der Waals surface area contributed by atoms with Gasteiger partial charge in [-0.3, -0.25) is 4.98 Å². The number of aromatic nitrogens is 1. The minimum absolute atomic E-state index is 0.0248. The van der Waals surface area contributed by atoms with Crippen LogP contribution in [0.15, 0.2) is 47.5 Å². The van der Waals surface area contributed by atoms with Gasteiger partial charge in [0.05, 0.1) is 29.6 Å². The van der Waals surface area contributed by atoms with Crippen LogP contribution in [0.5, 0.6) is 5.75 Å². The highest BCUT2D eigenvalue weighted by molar-refractivity contribution is 7.96. The first-order valence-corrected chi connectivity index (χ1v) is 11.8. The van der Waals surface area contributed by atoms with Crippen LogP contribution in [0.1, 0.15) is 11.3 Å². The van der Waals surface area contributed by atoms with Crippen molar-refractivity contribution in [1.29, 1.82) is 0 Å². The van der Waals surface area contributed by atoms with E-state index in [9.17, 15) is 16.8 Å². The van der Waals surface area contributed by atoms with Crippen LogP contribution in [0.3, 0.4) is 0 Å². The molecule has 0 spiro atoms. The van der Waals surface area contributed by atoms with E-state index in [1.54, 1.807) is 37.4 Å². The lowest BCUT2D eigenvalue weighted by Gasteiger charge is -2.21. The Labute approximate surface area is 159 Å². The summed E-state index contributed by atoms with van der Waals surface area (Å²) in [6, 6.07) is 9.54. The summed E-state index contributed by atoms with van der Waals surface area (Å²) in [5.41, 5.74) is 1.47. The fourth-order valence-corrected chi connectivity index (χ4v) is 8.18. The molecule has 2 atom stereocenters. The van der Waals surface area contributed by atoms with Crippen LogP contribution < -0.4 is 10.1 Å². The Bertz CT molecular complexity index is 1020. The number of pyridine rings is 1. The standard InChI is InChI=1S/C18H22N2O5S2/c1-13-6-7-16(25-2)17(9-13)27(23,24)18-12-26(21,22)11-15(18)20-10-14-5-3-4-8-19-14/h3-9,15,18,20H,10-12H2,1-2H3. The second kappa shape index (κ2) is 7.57. The number of hydrogen-bond acceptors (Lipinski definition) is 7. The molecule has 0 aliphatic carbocycles. The highest BCUT2D eigenvalue weighted by Crippen LogP contribution is 2.32. The van der Waals surface area contributed by atoms with E-state index in [0.717, 1.165) is 5.56 Å². The Morgan fingerprint density at radius 2 is 2.00 bits per heavy atom. The van der Waals surface area contributed by atoms with Crippen molar-refractivity contribution in [3.8, 4) is 5.75 Å². The van der Waals surface area contributed by atoms with Gasteiger partial charge in [-0.15, -0.1) is 0 Å². The molecule has 3 rings (SSSR count). The van der Waals surface area contributed by atoms with Crippen LogP contribution in [-0.2, 0) is 26.2 Å². The molecule has 1 fully saturated rings. The number of nitrogens with zero attached hydrogens (tertiary/aromatic N) is 1. The summed E-state index contributed by atoms with van der Waals surface area (Å²) in [5, 5.41) is 1.99. The third-order valence-electron chi connectivity index (χ3n) is 4.60. The second-order valence-corrected chi connectivity index (χ2v) is 10.9. The molecule has 0 amide bonds. The van der Waals surface area contributed by atoms with Crippen LogP contribution in [-0.4, -0.2) is 51.7 Å². The van der Waals surface area contributed by atoms with Gasteiger partial charge in [-0.2, -0.15) is 0 Å². The topological polar surface area (TPSA) is 102 Å². The van der Waals surface area contributed by atoms with Gasteiger partial charge < -0.3 is 10.1 Å². The van der Waals surface area contributed by atoms with E-state index in [1.165, 1.54) is 13.2 Å². The third-order valence-corrected chi connectivity index (χ3v) is 8.77. The molecule has 0 bridgehead atoms. The third kappa shape index (κ3) is 4.31. The van der Waals surface area contributed by atoms with E-state index in [1.807, 2.05) is 6.07 Å². The van der Waals surface area contributed by atoms with Crippen LogP contribution in [0.4, 0.5) is 0 Å². The summed E-state index contributed by atoms with van der Waals surface area (Å²) >= 11 is 0. The maximum Gasteiger partial charge on any atom is 0.187 e. The molecule has 7 nitrogen and oxygen atoms in total. The predicted molar refractivity (Wildman–Crippen MR) is 102 cm³/mol. The maximum atomic E-state index is 13.3. The first-order valence-electron chi connectivity index (χ1n) is 8.45. The van der Waals surface area contributed by atoms with Gasteiger partial charge in [0.25, 0.3) is 0 Å². The predicted octanol–water partition coefficient (Wildman–Crippen LogP) is 1.13. The van der Waals surface area contributed by atoms with Gasteiger partial charge >= 0.3 is 0 Å². The number of benzene rings is 1. The van der Waals surface area contributed by atoms with E-state index >= 15 is 0 Å². The van der Waals surface area contributed by atoms with Gasteiger partial charge in [-0.05, 0) is 36.8 Å². The van der Waals surface area contributed by atoms with Crippen LogP contribution in [0.25, 0.3) is 0 Å². The number of nitrogens with one attached hydrogen (secondary N) is 1. The number of methoxy groups -OCH3 is 1. The monoisotopic (exact) mass is 410 g/mol. The molecular weight excluding hydrogens is 388 g/mol. The van der Waals surface area contributed by atoms with Gasteiger partial charge in [0, 0.05) is 18.8 Å². The second-order valence-electron chi connectivity index (χ2n) is 6.62. The van der Waals surface area contributed by atoms with Crippen molar-refractivity contribution in [3.63, 3.8) is 0 Å². The van der Waals surface area contributed by atoms with Crippen LogP contribution in [0, 0.1) is 6.92 Å². The molecule has 1 aliphatic rings. The van der Waals surface area contributed by atoms with Gasteiger partial charge in [0.15, 0.2) is 19.7 Å². The highest BCUT2D eigenvalue weighted by atomic mass is 32.2. The van der Waals surface area contributed by atoms with Crippen molar-refractivity contribution in [3.05, 3.63) is 53.9 Å². The Hall–Kier alpha value is -1.97. The first kappa shape index (κ1) is 19.8. The van der Waals surface area contributed by atoms with Crippen molar-refractivity contribution in [2.75, 3.05) is 18.6 Å². The lowest BCUT2D eigenvalue weighted by molar-refractivity contribution is 0.402. The Kier molecular flexibility index (Phi) is 5.55. The Balaban J connectivity index is 1.93. The first-order chi connectivity index (χ1) is 12.7. The zero-order chi connectivity index (χ0) is 19.7. The number of rotatable bonds is 6. The Morgan fingerprint density at radius 3 is 2.67 bits per heavy atom. The van der Waals surface area contributed by atoms with Gasteiger partial charge in [0.2, 0.25) is 0 Å². The zero-order valence-corrected chi connectivity index (χ0v) is 16.8. The zero-order valence-electron chi connectivity index (χ0n) is 15.1. The number of ether oxygens (including phenoxy) is 1. The van der Waals surface area contributed by atoms with E-state index < -0.39 is 36.7 Å². The van der Waals surface area contributed by atoms with E-state index in [-0.39, 0.29) is 22.9 Å².